The van der Waals surface area contributed by atoms with Crippen LogP contribution in [-0.2, 0) is 17.6 Å². The van der Waals surface area contributed by atoms with Gasteiger partial charge in [-0.05, 0) is 29.7 Å². The minimum absolute atomic E-state index is 0. The van der Waals surface area contributed by atoms with Crippen LogP contribution in [0.1, 0.15) is 35.5 Å². The summed E-state index contributed by atoms with van der Waals surface area (Å²) in [7, 11) is 0. The fourth-order valence-corrected chi connectivity index (χ4v) is 4.63. The van der Waals surface area contributed by atoms with Crippen LogP contribution in [0.25, 0.3) is 10.2 Å². The molecule has 28 heavy (non-hydrogen) atoms. The van der Waals surface area contributed by atoms with Crippen molar-refractivity contribution in [2.24, 2.45) is 0 Å². The minimum Gasteiger partial charge on any atom is -0.333 e. The quantitative estimate of drug-likeness (QED) is 0.672. The van der Waals surface area contributed by atoms with Crippen molar-refractivity contribution in [3.8, 4) is 0 Å². The molecular formula is C22H26ClN3OS. The van der Waals surface area contributed by atoms with E-state index >= 15 is 0 Å². The standard InChI is InChI=1S/C22H25N3OS.ClH/c1-2-16-7-9-17(10-8-16)19-15-23-13-14-25(19)22(26)12-11-21-24-18-5-3-4-6-20(18)27-21;/h3-10,19,23H,2,11-15H2,1H3;1H. The van der Waals surface area contributed by atoms with Gasteiger partial charge in [0.1, 0.15) is 0 Å². The second-order valence-electron chi connectivity index (χ2n) is 6.98. The summed E-state index contributed by atoms with van der Waals surface area (Å²) in [6, 6.07) is 17.0. The first-order valence-electron chi connectivity index (χ1n) is 9.68. The molecule has 2 aromatic carbocycles. The van der Waals surface area contributed by atoms with Gasteiger partial charge in [0.2, 0.25) is 5.91 Å². The smallest absolute Gasteiger partial charge is 0.223 e. The van der Waals surface area contributed by atoms with Gasteiger partial charge in [0.25, 0.3) is 0 Å². The molecule has 6 heteroatoms. The van der Waals surface area contributed by atoms with Crippen molar-refractivity contribution < 1.29 is 4.79 Å². The zero-order chi connectivity index (χ0) is 18.6. The SMILES string of the molecule is CCc1ccc(C2CNCCN2C(=O)CCc2nc3ccccc3s2)cc1.Cl. The molecule has 1 saturated heterocycles. The summed E-state index contributed by atoms with van der Waals surface area (Å²) in [6.45, 7) is 4.60. The van der Waals surface area contributed by atoms with Crippen molar-refractivity contribution in [1.82, 2.24) is 15.2 Å². The number of thiazole rings is 1. The molecule has 1 amide bonds. The average Bonchev–Trinajstić information content (AvgIpc) is 3.15. The third kappa shape index (κ3) is 4.54. The number of halogens is 1. The van der Waals surface area contributed by atoms with E-state index < -0.39 is 0 Å². The lowest BCUT2D eigenvalue weighted by molar-refractivity contribution is -0.134. The fourth-order valence-electron chi connectivity index (χ4n) is 3.66. The number of hydrogen-bond donors (Lipinski definition) is 1. The number of nitrogens with zero attached hydrogens (tertiary/aromatic N) is 2. The molecule has 1 aliphatic heterocycles. The Morgan fingerprint density at radius 1 is 1.21 bits per heavy atom. The van der Waals surface area contributed by atoms with Gasteiger partial charge in [-0.2, -0.15) is 0 Å². The van der Waals surface area contributed by atoms with Gasteiger partial charge in [-0.3, -0.25) is 4.79 Å². The molecule has 1 aliphatic rings. The Balaban J connectivity index is 0.00000225. The van der Waals surface area contributed by atoms with Crippen molar-refractivity contribution >= 4 is 39.9 Å². The second kappa shape index (κ2) is 9.50. The number of amides is 1. The Hall–Kier alpha value is -1.95. The molecule has 3 aromatic rings. The molecule has 1 N–H and O–H groups in total. The van der Waals surface area contributed by atoms with E-state index in [1.165, 1.54) is 15.8 Å². The van der Waals surface area contributed by atoms with Gasteiger partial charge >= 0.3 is 0 Å². The van der Waals surface area contributed by atoms with Crippen LogP contribution in [0.3, 0.4) is 0 Å². The lowest BCUT2D eigenvalue weighted by Crippen LogP contribution is -2.48. The zero-order valence-electron chi connectivity index (χ0n) is 16.1. The number of benzene rings is 2. The van der Waals surface area contributed by atoms with Gasteiger partial charge in [0.15, 0.2) is 0 Å². The lowest BCUT2D eigenvalue weighted by Gasteiger charge is -2.36. The van der Waals surface area contributed by atoms with Crippen molar-refractivity contribution in [1.29, 1.82) is 0 Å². The Morgan fingerprint density at radius 3 is 2.75 bits per heavy atom. The Morgan fingerprint density at radius 2 is 2.00 bits per heavy atom. The number of aromatic nitrogens is 1. The van der Waals surface area contributed by atoms with Gasteiger partial charge in [0.05, 0.1) is 21.3 Å². The maximum Gasteiger partial charge on any atom is 0.223 e. The largest absolute Gasteiger partial charge is 0.333 e. The predicted octanol–water partition coefficient (Wildman–Crippen LogP) is 4.39. The number of carbonyl (C=O) groups excluding carboxylic acids is 1. The first-order valence-corrected chi connectivity index (χ1v) is 10.5. The van der Waals surface area contributed by atoms with Gasteiger partial charge in [-0.1, -0.05) is 43.3 Å². The van der Waals surface area contributed by atoms with E-state index in [1.54, 1.807) is 11.3 Å². The van der Waals surface area contributed by atoms with Crippen molar-refractivity contribution in [3.05, 3.63) is 64.7 Å². The van der Waals surface area contributed by atoms with E-state index in [1.807, 2.05) is 23.1 Å². The number of fused-ring (bicyclic) bond motifs is 1. The molecule has 1 fully saturated rings. The summed E-state index contributed by atoms with van der Waals surface area (Å²) in [5.41, 5.74) is 3.57. The van der Waals surface area contributed by atoms with Crippen molar-refractivity contribution in [2.45, 2.75) is 32.2 Å². The van der Waals surface area contributed by atoms with Gasteiger partial charge in [-0.25, -0.2) is 4.98 Å². The van der Waals surface area contributed by atoms with Crippen LogP contribution >= 0.6 is 23.7 Å². The van der Waals surface area contributed by atoms with Crippen LogP contribution < -0.4 is 5.32 Å². The number of rotatable bonds is 5. The van der Waals surface area contributed by atoms with Crippen LogP contribution in [0.15, 0.2) is 48.5 Å². The predicted molar refractivity (Wildman–Crippen MR) is 118 cm³/mol. The van der Waals surface area contributed by atoms with Gasteiger partial charge in [-0.15, -0.1) is 23.7 Å². The Labute approximate surface area is 176 Å². The molecule has 1 atom stereocenters. The van der Waals surface area contributed by atoms with Gasteiger partial charge < -0.3 is 10.2 Å². The minimum atomic E-state index is 0. The topological polar surface area (TPSA) is 45.2 Å². The van der Waals surface area contributed by atoms with E-state index in [-0.39, 0.29) is 24.4 Å². The first-order chi connectivity index (χ1) is 13.2. The summed E-state index contributed by atoms with van der Waals surface area (Å²) in [4.78, 5) is 19.7. The van der Waals surface area contributed by atoms with E-state index in [0.717, 1.165) is 36.6 Å². The molecule has 148 valence electrons. The maximum absolute atomic E-state index is 13.0. The third-order valence-corrected chi connectivity index (χ3v) is 6.32. The molecule has 0 spiro atoms. The summed E-state index contributed by atoms with van der Waals surface area (Å²) >= 11 is 1.69. The zero-order valence-corrected chi connectivity index (χ0v) is 17.7. The van der Waals surface area contributed by atoms with Gasteiger partial charge in [0, 0.05) is 32.5 Å². The molecule has 0 saturated carbocycles. The molecule has 4 rings (SSSR count). The van der Waals surface area contributed by atoms with Crippen LogP contribution in [-0.4, -0.2) is 35.4 Å². The number of piperazine rings is 1. The highest BCUT2D eigenvalue weighted by molar-refractivity contribution is 7.18. The number of aryl methyl sites for hydroxylation is 2. The number of hydrogen-bond acceptors (Lipinski definition) is 4. The maximum atomic E-state index is 13.0. The number of para-hydroxylation sites is 1. The average molecular weight is 416 g/mol. The molecule has 0 radical (unpaired) electrons. The fraction of sp³-hybridized carbons (Fsp3) is 0.364. The molecular weight excluding hydrogens is 390 g/mol. The van der Waals surface area contributed by atoms with E-state index in [4.69, 9.17) is 0 Å². The van der Waals surface area contributed by atoms with Crippen LogP contribution in [0.5, 0.6) is 0 Å². The van der Waals surface area contributed by atoms with E-state index in [2.05, 4.69) is 47.6 Å². The van der Waals surface area contributed by atoms with Crippen molar-refractivity contribution in [3.63, 3.8) is 0 Å². The molecule has 0 bridgehead atoms. The van der Waals surface area contributed by atoms with E-state index in [0.29, 0.717) is 12.8 Å². The van der Waals surface area contributed by atoms with E-state index in [9.17, 15) is 4.79 Å². The Kier molecular flexibility index (Phi) is 7.05. The first kappa shape index (κ1) is 20.8. The number of carbonyl (C=O) groups is 1. The summed E-state index contributed by atoms with van der Waals surface area (Å²) in [5, 5.41) is 4.48. The highest BCUT2D eigenvalue weighted by Gasteiger charge is 2.27. The van der Waals surface area contributed by atoms with Crippen LogP contribution in [0.4, 0.5) is 0 Å². The van der Waals surface area contributed by atoms with Crippen LogP contribution in [0.2, 0.25) is 0 Å². The lowest BCUT2D eigenvalue weighted by atomic mass is 10.0. The number of nitrogens with one attached hydrogen (secondary N) is 1. The van der Waals surface area contributed by atoms with Crippen LogP contribution in [0, 0.1) is 0 Å². The molecule has 2 heterocycles. The normalized spacial score (nSPS) is 16.8. The highest BCUT2D eigenvalue weighted by Crippen LogP contribution is 2.26. The summed E-state index contributed by atoms with van der Waals surface area (Å²) in [5.74, 6) is 0.223. The molecule has 4 nitrogen and oxygen atoms in total. The van der Waals surface area contributed by atoms with Crippen molar-refractivity contribution in [2.75, 3.05) is 19.6 Å². The summed E-state index contributed by atoms with van der Waals surface area (Å²) < 4.78 is 1.19. The summed E-state index contributed by atoms with van der Waals surface area (Å²) in [6.07, 6.45) is 2.26. The molecule has 1 aromatic heterocycles. The highest BCUT2D eigenvalue weighted by atomic mass is 35.5. The monoisotopic (exact) mass is 415 g/mol. The molecule has 0 aliphatic carbocycles. The Bertz CT molecular complexity index is 892. The molecule has 1 unspecified atom stereocenters. The third-order valence-electron chi connectivity index (χ3n) is 5.23. The second-order valence-corrected chi connectivity index (χ2v) is 8.09.